The first-order chi connectivity index (χ1) is 19.0. The van der Waals surface area contributed by atoms with Gasteiger partial charge >= 0.3 is 0 Å². The smallest absolute Gasteiger partial charge is 0.258 e. The summed E-state index contributed by atoms with van der Waals surface area (Å²) in [5.74, 6) is -4.39. The molecule has 1 aliphatic rings. The predicted molar refractivity (Wildman–Crippen MR) is 147 cm³/mol. The fourth-order valence-corrected chi connectivity index (χ4v) is 5.68. The highest BCUT2D eigenvalue weighted by Crippen LogP contribution is 2.32. The number of allylic oxidation sites excluding steroid dienone is 4. The van der Waals surface area contributed by atoms with Crippen LogP contribution in [-0.2, 0) is 10.0 Å². The molecule has 0 fully saturated rings. The molecule has 0 spiro atoms. The topological polar surface area (TPSA) is 142 Å². The average molecular weight is 566 g/mol. The molecule has 2 aromatic heterocycles. The fraction of sp³-hybridized carbons (Fsp3) is 0.107. The van der Waals surface area contributed by atoms with Crippen LogP contribution < -0.4 is 10.5 Å². The van der Waals surface area contributed by atoms with Gasteiger partial charge in [0.25, 0.3) is 10.0 Å². The number of H-pyrrole nitrogens is 1. The number of nitrogens with two attached hydrogens (primary N) is 1. The van der Waals surface area contributed by atoms with E-state index < -0.39 is 44.5 Å². The van der Waals surface area contributed by atoms with Crippen molar-refractivity contribution in [3.8, 4) is 11.1 Å². The Morgan fingerprint density at radius 1 is 1.10 bits per heavy atom. The molecular weight excluding hydrogens is 543 g/mol. The molecular formula is C28H22F3N5O3S. The van der Waals surface area contributed by atoms with Crippen LogP contribution in [-0.4, -0.2) is 29.9 Å². The summed E-state index contributed by atoms with van der Waals surface area (Å²) < 4.78 is 71.4. The number of nitrogen functional groups attached to an aromatic ring is 1. The van der Waals surface area contributed by atoms with Gasteiger partial charge in [-0.15, -0.1) is 0 Å². The highest BCUT2D eigenvalue weighted by Gasteiger charge is 2.27. The second kappa shape index (κ2) is 10.1. The molecule has 12 heteroatoms. The number of carbonyl (C=O) groups excluding carboxylic acids is 1. The number of nitrogens with one attached hydrogen (secondary N) is 3. The molecule has 4 aromatic rings. The van der Waals surface area contributed by atoms with Crippen molar-refractivity contribution in [2.24, 2.45) is 0 Å². The number of halogens is 3. The van der Waals surface area contributed by atoms with E-state index in [4.69, 9.17) is 11.1 Å². The molecule has 2 heterocycles. The number of ketones is 1. The number of sulfonamides is 1. The Bertz CT molecular complexity index is 1890. The minimum Gasteiger partial charge on any atom is -0.398 e. The molecule has 204 valence electrons. The Balaban J connectivity index is 1.54. The number of hydrogen-bond acceptors (Lipinski definition) is 6. The number of hydrogen-bond donors (Lipinski definition) is 4. The number of anilines is 2. The van der Waals surface area contributed by atoms with Gasteiger partial charge in [-0.3, -0.25) is 9.52 Å². The first kappa shape index (κ1) is 26.9. The molecule has 0 amide bonds. The molecule has 0 atom stereocenters. The van der Waals surface area contributed by atoms with E-state index in [9.17, 15) is 22.0 Å². The second-order valence-electron chi connectivity index (χ2n) is 9.21. The lowest BCUT2D eigenvalue weighted by Gasteiger charge is -2.15. The third-order valence-corrected chi connectivity index (χ3v) is 8.00. The SMILES string of the molecule is CC(=N)c1cc(-c2cnc3[nH]cc(C(=O)c4c(F)ccc(NS(=O)(=O)C5=CC(F)=CCC5)c4F)c3c2)ccc1N. The van der Waals surface area contributed by atoms with Crippen molar-refractivity contribution < 1.29 is 26.4 Å². The lowest BCUT2D eigenvalue weighted by molar-refractivity contribution is 0.103. The number of rotatable bonds is 7. The largest absolute Gasteiger partial charge is 0.398 e. The zero-order valence-electron chi connectivity index (χ0n) is 21.0. The third kappa shape index (κ3) is 4.89. The van der Waals surface area contributed by atoms with Gasteiger partial charge in [-0.2, -0.15) is 0 Å². The highest BCUT2D eigenvalue weighted by molar-refractivity contribution is 7.96. The van der Waals surface area contributed by atoms with Gasteiger partial charge in [0.1, 0.15) is 17.3 Å². The maximum Gasteiger partial charge on any atom is 0.258 e. The van der Waals surface area contributed by atoms with E-state index in [-0.39, 0.29) is 40.1 Å². The van der Waals surface area contributed by atoms with E-state index in [1.807, 2.05) is 4.72 Å². The predicted octanol–water partition coefficient (Wildman–Crippen LogP) is 5.98. The van der Waals surface area contributed by atoms with E-state index in [1.54, 1.807) is 31.2 Å². The Hall–Kier alpha value is -4.71. The van der Waals surface area contributed by atoms with Gasteiger partial charge < -0.3 is 16.1 Å². The van der Waals surface area contributed by atoms with Crippen LogP contribution in [0.1, 0.15) is 41.3 Å². The summed E-state index contributed by atoms with van der Waals surface area (Å²) in [4.78, 5) is 20.3. The van der Waals surface area contributed by atoms with E-state index in [0.717, 1.165) is 18.2 Å². The summed E-state index contributed by atoms with van der Waals surface area (Å²) in [5, 5.41) is 8.20. The van der Waals surface area contributed by atoms with Gasteiger partial charge in [-0.1, -0.05) is 6.07 Å². The van der Waals surface area contributed by atoms with Gasteiger partial charge in [0.2, 0.25) is 5.78 Å². The summed E-state index contributed by atoms with van der Waals surface area (Å²) >= 11 is 0. The summed E-state index contributed by atoms with van der Waals surface area (Å²) in [5.41, 5.74) is 6.94. The highest BCUT2D eigenvalue weighted by atomic mass is 32.2. The van der Waals surface area contributed by atoms with Crippen molar-refractivity contribution in [3.05, 3.63) is 100 Å². The zero-order valence-corrected chi connectivity index (χ0v) is 21.8. The van der Waals surface area contributed by atoms with Gasteiger partial charge in [-0.25, -0.2) is 26.6 Å². The van der Waals surface area contributed by atoms with Gasteiger partial charge in [-0.05, 0) is 67.8 Å². The molecule has 0 bridgehead atoms. The molecule has 40 heavy (non-hydrogen) atoms. The van der Waals surface area contributed by atoms with Crippen LogP contribution in [0, 0.1) is 17.0 Å². The van der Waals surface area contributed by atoms with Gasteiger partial charge in [0.15, 0.2) is 5.82 Å². The van der Waals surface area contributed by atoms with E-state index in [2.05, 4.69) is 9.97 Å². The molecule has 1 aliphatic carbocycles. The quantitative estimate of drug-likeness (QED) is 0.124. The molecule has 0 radical (unpaired) electrons. The molecule has 5 rings (SSSR count). The molecule has 0 saturated carbocycles. The molecule has 5 N–H and O–H groups in total. The summed E-state index contributed by atoms with van der Waals surface area (Å²) in [7, 11) is -4.37. The van der Waals surface area contributed by atoms with Crippen molar-refractivity contribution in [1.82, 2.24) is 9.97 Å². The minimum absolute atomic E-state index is 0.00306. The van der Waals surface area contributed by atoms with Crippen LogP contribution in [0.5, 0.6) is 0 Å². The maximum absolute atomic E-state index is 15.5. The molecule has 2 aromatic carbocycles. The molecule has 8 nitrogen and oxygen atoms in total. The number of nitrogens with zero attached hydrogens (tertiary/aromatic N) is 1. The fourth-order valence-electron chi connectivity index (χ4n) is 4.44. The van der Waals surface area contributed by atoms with Crippen molar-refractivity contribution in [2.75, 3.05) is 10.5 Å². The monoisotopic (exact) mass is 565 g/mol. The lowest BCUT2D eigenvalue weighted by Crippen LogP contribution is -2.18. The number of aromatic amines is 1. The number of pyridine rings is 1. The molecule has 0 unspecified atom stereocenters. The van der Waals surface area contributed by atoms with Crippen LogP contribution in [0.25, 0.3) is 22.2 Å². The molecule has 0 aliphatic heterocycles. The number of carbonyl (C=O) groups is 1. The third-order valence-electron chi connectivity index (χ3n) is 6.50. The summed E-state index contributed by atoms with van der Waals surface area (Å²) in [6.07, 6.45) is 4.98. The van der Waals surface area contributed by atoms with Gasteiger partial charge in [0.05, 0.1) is 16.2 Å². The van der Waals surface area contributed by atoms with Crippen molar-refractivity contribution >= 4 is 43.9 Å². The molecule has 0 saturated heterocycles. The van der Waals surface area contributed by atoms with Crippen LogP contribution in [0.3, 0.4) is 0 Å². The summed E-state index contributed by atoms with van der Waals surface area (Å²) in [6.45, 7) is 1.60. The van der Waals surface area contributed by atoms with Gasteiger partial charge in [0, 0.05) is 45.9 Å². The van der Waals surface area contributed by atoms with Crippen LogP contribution >= 0.6 is 0 Å². The van der Waals surface area contributed by atoms with E-state index in [0.29, 0.717) is 22.4 Å². The number of benzene rings is 2. The van der Waals surface area contributed by atoms with Crippen molar-refractivity contribution in [3.63, 3.8) is 0 Å². The van der Waals surface area contributed by atoms with Crippen LogP contribution in [0.4, 0.5) is 24.5 Å². The number of aromatic nitrogens is 2. The Morgan fingerprint density at radius 2 is 1.88 bits per heavy atom. The van der Waals surface area contributed by atoms with E-state index in [1.165, 1.54) is 18.5 Å². The number of fused-ring (bicyclic) bond motifs is 1. The Labute approximate surface area is 227 Å². The Kier molecular flexibility index (Phi) is 6.80. The maximum atomic E-state index is 15.5. The normalized spacial score (nSPS) is 13.6. The Morgan fingerprint density at radius 3 is 2.60 bits per heavy atom. The van der Waals surface area contributed by atoms with E-state index >= 15 is 4.39 Å². The first-order valence-corrected chi connectivity index (χ1v) is 13.5. The first-order valence-electron chi connectivity index (χ1n) is 12.0. The van der Waals surface area contributed by atoms with Crippen LogP contribution in [0.2, 0.25) is 0 Å². The standard InChI is InChI=1S/C28H22F3N5O3S/c1-14(32)19-9-15(5-7-23(19)33)16-10-20-21(13-35-28(20)34-12-16)27(37)25-22(30)6-8-24(26(25)31)36-40(38,39)18-4-2-3-17(29)11-18/h3,5-13,32,36H,2,4,33H2,1H3,(H,34,35). The zero-order chi connectivity index (χ0) is 28.8. The summed E-state index contributed by atoms with van der Waals surface area (Å²) in [6, 6.07) is 8.30. The van der Waals surface area contributed by atoms with Crippen molar-refractivity contribution in [1.29, 1.82) is 5.41 Å². The lowest BCUT2D eigenvalue weighted by atomic mass is 9.98. The average Bonchev–Trinajstić information content (AvgIpc) is 3.34. The second-order valence-corrected chi connectivity index (χ2v) is 10.9. The van der Waals surface area contributed by atoms with Crippen LogP contribution in [0.15, 0.2) is 71.7 Å². The minimum atomic E-state index is -4.37. The van der Waals surface area contributed by atoms with Crippen molar-refractivity contribution in [2.45, 2.75) is 19.8 Å².